The fourth-order valence-corrected chi connectivity index (χ4v) is 3.55. The van der Waals surface area contributed by atoms with Gasteiger partial charge in [0.25, 0.3) is 0 Å². The second-order valence-corrected chi connectivity index (χ2v) is 7.58. The molecule has 0 bridgehead atoms. The summed E-state index contributed by atoms with van der Waals surface area (Å²) in [6, 6.07) is -0.268. The van der Waals surface area contributed by atoms with Gasteiger partial charge in [0, 0.05) is 31.1 Å². The molecule has 0 aromatic rings. The van der Waals surface area contributed by atoms with Crippen molar-refractivity contribution >= 4 is 29.4 Å². The van der Waals surface area contributed by atoms with Crippen molar-refractivity contribution in [1.29, 1.82) is 0 Å². The van der Waals surface area contributed by atoms with E-state index in [1.807, 2.05) is 13.8 Å². The van der Waals surface area contributed by atoms with Crippen molar-refractivity contribution in [3.8, 4) is 11.8 Å². The smallest absolute Gasteiger partial charge is 0.242 e. The predicted octanol–water partition coefficient (Wildman–Crippen LogP) is 1.98. The fourth-order valence-electron chi connectivity index (χ4n) is 2.50. The van der Waals surface area contributed by atoms with Gasteiger partial charge in [0.05, 0.1) is 11.3 Å². The maximum Gasteiger partial charge on any atom is 0.242 e. The van der Waals surface area contributed by atoms with E-state index in [9.17, 15) is 14.4 Å². The molecule has 2 amide bonds. The molecule has 0 aromatic heterocycles. The van der Waals surface area contributed by atoms with E-state index in [4.69, 9.17) is 5.73 Å². The van der Waals surface area contributed by atoms with Crippen molar-refractivity contribution in [2.24, 2.45) is 11.7 Å². The van der Waals surface area contributed by atoms with Crippen molar-refractivity contribution < 1.29 is 14.4 Å². The van der Waals surface area contributed by atoms with Crippen LogP contribution >= 0.6 is 11.8 Å². The molecular formula is C18H28N2O3S. The molecule has 0 saturated carbocycles. The second kappa shape index (κ2) is 10.5. The first kappa shape index (κ1) is 20.7. The number of rotatable bonds is 10. The van der Waals surface area contributed by atoms with Crippen LogP contribution in [0.4, 0.5) is 0 Å². The first-order valence-corrected chi connectivity index (χ1v) is 9.58. The molecule has 1 saturated heterocycles. The molecule has 5 nitrogen and oxygen atoms in total. The molecule has 2 atom stereocenters. The number of hydrogen-bond acceptors (Lipinski definition) is 5. The Morgan fingerprint density at radius 2 is 2.04 bits per heavy atom. The zero-order valence-electron chi connectivity index (χ0n) is 14.8. The summed E-state index contributed by atoms with van der Waals surface area (Å²) in [5.74, 6) is 6.27. The molecule has 1 fully saturated rings. The van der Waals surface area contributed by atoms with Crippen molar-refractivity contribution in [2.45, 2.75) is 64.2 Å². The number of imide groups is 1. The highest BCUT2D eigenvalue weighted by molar-refractivity contribution is 8.00. The molecule has 134 valence electrons. The lowest BCUT2D eigenvalue weighted by Gasteiger charge is -2.15. The van der Waals surface area contributed by atoms with Gasteiger partial charge in [-0.15, -0.1) is 17.7 Å². The Kier molecular flexibility index (Phi) is 9.09. The number of carbonyl (C=O) groups excluding carboxylic acids is 3. The van der Waals surface area contributed by atoms with Crippen LogP contribution in [0.15, 0.2) is 0 Å². The molecule has 1 aliphatic heterocycles. The van der Waals surface area contributed by atoms with Crippen molar-refractivity contribution in [1.82, 2.24) is 4.90 Å². The highest BCUT2D eigenvalue weighted by atomic mass is 32.2. The first-order valence-electron chi connectivity index (χ1n) is 8.53. The minimum absolute atomic E-state index is 0.0771. The molecule has 0 radical (unpaired) electrons. The Balaban J connectivity index is 2.31. The zero-order chi connectivity index (χ0) is 18.1. The van der Waals surface area contributed by atoms with Crippen LogP contribution < -0.4 is 5.73 Å². The Morgan fingerprint density at radius 3 is 2.67 bits per heavy atom. The molecular weight excluding hydrogens is 324 g/mol. The molecule has 0 aromatic carbocycles. The predicted molar refractivity (Wildman–Crippen MR) is 97.3 cm³/mol. The van der Waals surface area contributed by atoms with E-state index in [0.717, 1.165) is 19.3 Å². The molecule has 0 spiro atoms. The average molecular weight is 353 g/mol. The first-order chi connectivity index (χ1) is 11.4. The van der Waals surface area contributed by atoms with Gasteiger partial charge >= 0.3 is 0 Å². The van der Waals surface area contributed by atoms with E-state index < -0.39 is 0 Å². The van der Waals surface area contributed by atoms with Crippen LogP contribution in [-0.4, -0.2) is 46.1 Å². The van der Waals surface area contributed by atoms with Gasteiger partial charge < -0.3 is 5.73 Å². The van der Waals surface area contributed by atoms with E-state index >= 15 is 0 Å². The third kappa shape index (κ3) is 6.66. The van der Waals surface area contributed by atoms with Crippen molar-refractivity contribution in [2.75, 3.05) is 12.3 Å². The Morgan fingerprint density at radius 1 is 1.33 bits per heavy atom. The van der Waals surface area contributed by atoms with Gasteiger partial charge in [-0.3, -0.25) is 19.3 Å². The maximum absolute atomic E-state index is 12.3. The number of unbranched alkanes of at least 4 members (excludes halogenated alkanes) is 2. The van der Waals surface area contributed by atoms with Gasteiger partial charge in [0.2, 0.25) is 11.8 Å². The number of Topliss-reactive ketones (excluding diaryl/α,β-unsaturated/α-hetero) is 1. The molecule has 24 heavy (non-hydrogen) atoms. The summed E-state index contributed by atoms with van der Waals surface area (Å²) in [5.41, 5.74) is 5.80. The molecule has 2 unspecified atom stereocenters. The van der Waals surface area contributed by atoms with Gasteiger partial charge in [0.1, 0.15) is 5.78 Å². The second-order valence-electron chi connectivity index (χ2n) is 6.34. The number of amides is 2. The van der Waals surface area contributed by atoms with Crippen molar-refractivity contribution in [3.05, 3.63) is 0 Å². The number of likely N-dealkylation sites (tertiary alicyclic amines) is 1. The third-order valence-electron chi connectivity index (χ3n) is 3.96. The highest BCUT2D eigenvalue weighted by Crippen LogP contribution is 2.26. The molecule has 1 heterocycles. The quantitative estimate of drug-likeness (QED) is 0.369. The minimum Gasteiger partial charge on any atom is -0.317 e. The summed E-state index contributed by atoms with van der Waals surface area (Å²) in [7, 11) is 0. The minimum atomic E-state index is -0.329. The molecule has 1 aliphatic rings. The van der Waals surface area contributed by atoms with Gasteiger partial charge in [-0.25, -0.2) is 0 Å². The standard InChI is InChI=1S/C18H28N2O3S/c1-4-8-14(19)12-24-16-11-17(22)20(18(16)23)10-7-5-6-9-15(21)13(2)3/h13-14,16H,5-7,9-12,19H2,1-3H3. The van der Waals surface area contributed by atoms with Crippen LogP contribution in [0.3, 0.4) is 0 Å². The highest BCUT2D eigenvalue weighted by Gasteiger charge is 2.38. The summed E-state index contributed by atoms with van der Waals surface area (Å²) in [5, 5.41) is -0.329. The number of hydrogen-bond donors (Lipinski definition) is 1. The topological polar surface area (TPSA) is 80.5 Å². The van der Waals surface area contributed by atoms with Crippen LogP contribution in [0.2, 0.25) is 0 Å². The summed E-state index contributed by atoms with van der Waals surface area (Å²) < 4.78 is 0. The number of nitrogens with zero attached hydrogens (tertiary/aromatic N) is 1. The van der Waals surface area contributed by atoms with Crippen LogP contribution in [-0.2, 0) is 14.4 Å². The zero-order valence-corrected chi connectivity index (χ0v) is 15.7. The maximum atomic E-state index is 12.3. The number of nitrogens with two attached hydrogens (primary N) is 1. The van der Waals surface area contributed by atoms with Gasteiger partial charge in [-0.05, 0) is 19.8 Å². The SMILES string of the molecule is CC#CC(N)CSC1CC(=O)N(CCCCCC(=O)C(C)C)C1=O. The molecule has 6 heteroatoms. The van der Waals surface area contributed by atoms with Crippen LogP contribution in [0.5, 0.6) is 0 Å². The lowest BCUT2D eigenvalue weighted by molar-refractivity contribution is -0.138. The van der Waals surface area contributed by atoms with Crippen LogP contribution in [0, 0.1) is 17.8 Å². The lowest BCUT2D eigenvalue weighted by atomic mass is 10.0. The third-order valence-corrected chi connectivity index (χ3v) is 5.28. The number of ketones is 1. The van der Waals surface area contributed by atoms with E-state index in [1.165, 1.54) is 16.7 Å². The van der Waals surface area contributed by atoms with Crippen LogP contribution in [0.1, 0.15) is 52.9 Å². The summed E-state index contributed by atoms with van der Waals surface area (Å²) in [4.78, 5) is 37.2. The monoisotopic (exact) mass is 352 g/mol. The van der Waals surface area contributed by atoms with Gasteiger partial charge in [-0.1, -0.05) is 26.2 Å². The largest absolute Gasteiger partial charge is 0.317 e. The number of thioether (sulfide) groups is 1. The Labute approximate surface area is 149 Å². The van der Waals surface area contributed by atoms with Gasteiger partial charge in [0.15, 0.2) is 0 Å². The van der Waals surface area contributed by atoms with E-state index in [0.29, 0.717) is 18.7 Å². The summed E-state index contributed by atoms with van der Waals surface area (Å²) >= 11 is 1.41. The summed E-state index contributed by atoms with van der Waals surface area (Å²) in [6.45, 7) is 5.98. The summed E-state index contributed by atoms with van der Waals surface area (Å²) in [6.07, 6.45) is 3.25. The van der Waals surface area contributed by atoms with Crippen LogP contribution in [0.25, 0.3) is 0 Å². The van der Waals surface area contributed by atoms with E-state index in [-0.39, 0.29) is 41.2 Å². The lowest BCUT2D eigenvalue weighted by Crippen LogP contribution is -2.32. The molecule has 0 aliphatic carbocycles. The Bertz CT molecular complexity index is 522. The fraction of sp³-hybridized carbons (Fsp3) is 0.722. The van der Waals surface area contributed by atoms with Gasteiger partial charge in [-0.2, -0.15) is 0 Å². The average Bonchev–Trinajstić information content (AvgIpc) is 2.79. The van der Waals surface area contributed by atoms with Crippen molar-refractivity contribution in [3.63, 3.8) is 0 Å². The van der Waals surface area contributed by atoms with E-state index in [1.54, 1.807) is 6.92 Å². The normalized spacial score (nSPS) is 18.7. The molecule has 1 rings (SSSR count). The molecule has 2 N–H and O–H groups in total. The Hall–Kier alpha value is -1.32. The van der Waals surface area contributed by atoms with E-state index in [2.05, 4.69) is 11.8 Å². The number of carbonyl (C=O) groups is 3.